The molecule has 0 aliphatic carbocycles. The van der Waals surface area contributed by atoms with E-state index < -0.39 is 0 Å². The summed E-state index contributed by atoms with van der Waals surface area (Å²) in [6.07, 6.45) is 0.139. The molecule has 0 spiro atoms. The fourth-order valence-corrected chi connectivity index (χ4v) is 2.17. The second-order valence-corrected chi connectivity index (χ2v) is 5.29. The van der Waals surface area contributed by atoms with Crippen LogP contribution >= 0.6 is 0 Å². The van der Waals surface area contributed by atoms with E-state index in [4.69, 9.17) is 0 Å². The fourth-order valence-electron chi connectivity index (χ4n) is 2.17. The van der Waals surface area contributed by atoms with Gasteiger partial charge < -0.3 is 15.5 Å². The second kappa shape index (κ2) is 6.31. The molecule has 2 rings (SSSR count). The number of amides is 1. The number of hydrogen-bond donors (Lipinski definition) is 3. The number of phenolic OH excluding ortho intramolecular Hbond substituents is 2. The molecule has 2 aromatic carbocycles. The minimum absolute atomic E-state index is 0.139. The fraction of sp³-hybridized carbons (Fsp3) is 0.235. The van der Waals surface area contributed by atoms with Crippen LogP contribution < -0.4 is 5.32 Å². The van der Waals surface area contributed by atoms with Crippen molar-refractivity contribution in [3.05, 3.63) is 53.6 Å². The molecule has 0 atom stereocenters. The van der Waals surface area contributed by atoms with Gasteiger partial charge in [-0.25, -0.2) is 0 Å². The predicted molar refractivity (Wildman–Crippen MR) is 82.6 cm³/mol. The Kier molecular flexibility index (Phi) is 4.48. The highest BCUT2D eigenvalue weighted by Crippen LogP contribution is 2.26. The Bertz CT molecular complexity index is 650. The molecule has 0 radical (unpaired) electrons. The molecule has 4 nitrogen and oxygen atoms in total. The molecule has 0 saturated carbocycles. The molecule has 4 heteroatoms. The van der Waals surface area contributed by atoms with Crippen LogP contribution in [0.15, 0.2) is 42.5 Å². The highest BCUT2D eigenvalue weighted by molar-refractivity contribution is 5.93. The Balaban J connectivity index is 2.10. The summed E-state index contributed by atoms with van der Waals surface area (Å²) in [4.78, 5) is 12.1. The van der Waals surface area contributed by atoms with Gasteiger partial charge in [0.25, 0.3) is 0 Å². The Morgan fingerprint density at radius 2 is 1.81 bits per heavy atom. The summed E-state index contributed by atoms with van der Waals surface area (Å²) in [7, 11) is 0. The summed E-state index contributed by atoms with van der Waals surface area (Å²) >= 11 is 0. The highest BCUT2D eigenvalue weighted by atomic mass is 16.3. The van der Waals surface area contributed by atoms with Crippen LogP contribution in [0.25, 0.3) is 0 Å². The van der Waals surface area contributed by atoms with Gasteiger partial charge in [-0.2, -0.15) is 0 Å². The second-order valence-electron chi connectivity index (χ2n) is 5.29. The number of phenols is 2. The third kappa shape index (κ3) is 3.75. The smallest absolute Gasteiger partial charge is 0.228 e. The topological polar surface area (TPSA) is 69.6 Å². The number of carbonyl (C=O) groups excluding carboxylic acids is 1. The lowest BCUT2D eigenvalue weighted by molar-refractivity contribution is -0.115. The standard InChI is InChI=1S/C17H19NO3/c1-11(2)13-5-3-4-6-14(13)18-17(21)10-12-7-8-15(19)16(20)9-12/h3-9,11,19-20H,10H2,1-2H3,(H,18,21). The molecule has 21 heavy (non-hydrogen) atoms. The first kappa shape index (κ1) is 14.9. The van der Waals surface area contributed by atoms with E-state index in [1.807, 2.05) is 24.3 Å². The van der Waals surface area contributed by atoms with E-state index >= 15 is 0 Å². The zero-order valence-corrected chi connectivity index (χ0v) is 12.1. The lowest BCUT2D eigenvalue weighted by Crippen LogP contribution is -2.15. The molecule has 0 unspecified atom stereocenters. The van der Waals surface area contributed by atoms with Gasteiger partial charge in [0.05, 0.1) is 6.42 Å². The van der Waals surface area contributed by atoms with Crippen molar-refractivity contribution in [1.82, 2.24) is 0 Å². The molecular weight excluding hydrogens is 266 g/mol. The molecule has 0 bridgehead atoms. The first-order valence-corrected chi connectivity index (χ1v) is 6.87. The Labute approximate surface area is 124 Å². The van der Waals surface area contributed by atoms with Crippen LogP contribution in [0.3, 0.4) is 0 Å². The Morgan fingerprint density at radius 1 is 1.10 bits per heavy atom. The summed E-state index contributed by atoms with van der Waals surface area (Å²) < 4.78 is 0. The number of para-hydroxylation sites is 1. The summed E-state index contributed by atoms with van der Waals surface area (Å²) in [6, 6.07) is 12.1. The lowest BCUT2D eigenvalue weighted by atomic mass is 10.0. The van der Waals surface area contributed by atoms with Gasteiger partial charge in [-0.15, -0.1) is 0 Å². The Morgan fingerprint density at radius 3 is 2.48 bits per heavy atom. The largest absolute Gasteiger partial charge is 0.504 e. The van der Waals surface area contributed by atoms with Crippen molar-refractivity contribution in [2.75, 3.05) is 5.32 Å². The van der Waals surface area contributed by atoms with E-state index in [2.05, 4.69) is 19.2 Å². The minimum Gasteiger partial charge on any atom is -0.504 e. The molecule has 0 heterocycles. The lowest BCUT2D eigenvalue weighted by Gasteiger charge is -2.13. The number of benzene rings is 2. The molecule has 0 fully saturated rings. The van der Waals surface area contributed by atoms with E-state index in [1.54, 1.807) is 6.07 Å². The Hall–Kier alpha value is -2.49. The van der Waals surface area contributed by atoms with Gasteiger partial charge in [-0.05, 0) is 35.2 Å². The summed E-state index contributed by atoms with van der Waals surface area (Å²) in [5.74, 6) is -0.250. The predicted octanol–water partition coefficient (Wildman–Crippen LogP) is 3.40. The molecule has 0 aromatic heterocycles. The monoisotopic (exact) mass is 285 g/mol. The van der Waals surface area contributed by atoms with Crippen molar-refractivity contribution >= 4 is 11.6 Å². The maximum Gasteiger partial charge on any atom is 0.228 e. The molecule has 0 saturated heterocycles. The van der Waals surface area contributed by atoms with Crippen molar-refractivity contribution in [2.45, 2.75) is 26.2 Å². The molecule has 3 N–H and O–H groups in total. The van der Waals surface area contributed by atoms with Gasteiger partial charge in [0.15, 0.2) is 11.5 Å². The zero-order valence-electron chi connectivity index (χ0n) is 12.1. The summed E-state index contributed by atoms with van der Waals surface area (Å²) in [5.41, 5.74) is 2.53. The third-order valence-corrected chi connectivity index (χ3v) is 3.26. The van der Waals surface area contributed by atoms with E-state index in [-0.39, 0.29) is 23.8 Å². The van der Waals surface area contributed by atoms with Crippen molar-refractivity contribution in [3.63, 3.8) is 0 Å². The van der Waals surface area contributed by atoms with Crippen molar-refractivity contribution in [1.29, 1.82) is 0 Å². The molecule has 0 aliphatic heterocycles. The number of hydrogen-bond acceptors (Lipinski definition) is 3. The van der Waals surface area contributed by atoms with Crippen LogP contribution in [0.4, 0.5) is 5.69 Å². The van der Waals surface area contributed by atoms with E-state index in [0.29, 0.717) is 11.5 Å². The quantitative estimate of drug-likeness (QED) is 0.754. The van der Waals surface area contributed by atoms with Crippen molar-refractivity contribution in [2.24, 2.45) is 0 Å². The number of aromatic hydroxyl groups is 2. The van der Waals surface area contributed by atoms with Crippen LogP contribution in [0.2, 0.25) is 0 Å². The van der Waals surface area contributed by atoms with Crippen LogP contribution in [0.1, 0.15) is 30.9 Å². The summed E-state index contributed by atoms with van der Waals surface area (Å²) in [6.45, 7) is 4.14. The van der Waals surface area contributed by atoms with Gasteiger partial charge in [-0.1, -0.05) is 38.1 Å². The van der Waals surface area contributed by atoms with Crippen molar-refractivity contribution in [3.8, 4) is 11.5 Å². The third-order valence-electron chi connectivity index (χ3n) is 3.26. The van der Waals surface area contributed by atoms with Gasteiger partial charge in [0.2, 0.25) is 5.91 Å². The average Bonchev–Trinajstić information content (AvgIpc) is 2.43. The van der Waals surface area contributed by atoms with Gasteiger partial charge in [0, 0.05) is 5.69 Å². The average molecular weight is 285 g/mol. The number of rotatable bonds is 4. The van der Waals surface area contributed by atoms with Crippen molar-refractivity contribution < 1.29 is 15.0 Å². The van der Waals surface area contributed by atoms with Crippen LogP contribution in [-0.4, -0.2) is 16.1 Å². The van der Waals surface area contributed by atoms with Crippen LogP contribution in [0.5, 0.6) is 11.5 Å². The summed E-state index contributed by atoms with van der Waals surface area (Å²) in [5, 5.41) is 21.6. The SMILES string of the molecule is CC(C)c1ccccc1NC(=O)Cc1ccc(O)c(O)c1. The number of carbonyl (C=O) groups is 1. The van der Waals surface area contributed by atoms with Crippen LogP contribution in [-0.2, 0) is 11.2 Å². The maximum absolute atomic E-state index is 12.1. The molecule has 2 aromatic rings. The molecule has 110 valence electrons. The van der Waals surface area contributed by atoms with Gasteiger partial charge in [0.1, 0.15) is 0 Å². The number of anilines is 1. The van der Waals surface area contributed by atoms with Crippen LogP contribution in [0, 0.1) is 0 Å². The molecular formula is C17H19NO3. The zero-order chi connectivity index (χ0) is 15.4. The molecule has 1 amide bonds. The first-order valence-electron chi connectivity index (χ1n) is 6.87. The van der Waals surface area contributed by atoms with E-state index in [9.17, 15) is 15.0 Å². The molecule has 0 aliphatic rings. The maximum atomic E-state index is 12.1. The number of nitrogens with one attached hydrogen (secondary N) is 1. The van der Waals surface area contributed by atoms with E-state index in [1.165, 1.54) is 12.1 Å². The highest BCUT2D eigenvalue weighted by Gasteiger charge is 2.10. The minimum atomic E-state index is -0.220. The first-order chi connectivity index (χ1) is 9.97. The van der Waals surface area contributed by atoms with E-state index in [0.717, 1.165) is 11.3 Å². The van der Waals surface area contributed by atoms with Gasteiger partial charge in [-0.3, -0.25) is 4.79 Å². The normalized spacial score (nSPS) is 10.6. The van der Waals surface area contributed by atoms with Gasteiger partial charge >= 0.3 is 0 Å².